The van der Waals surface area contributed by atoms with Gasteiger partial charge in [0.15, 0.2) is 5.75 Å². The summed E-state index contributed by atoms with van der Waals surface area (Å²) < 4.78 is 5.92. The lowest BCUT2D eigenvalue weighted by molar-refractivity contribution is 0.482. The summed E-state index contributed by atoms with van der Waals surface area (Å²) in [4.78, 5) is 8.39. The summed E-state index contributed by atoms with van der Waals surface area (Å²) in [5.74, 6) is 1.46. The van der Waals surface area contributed by atoms with E-state index in [-0.39, 0.29) is 0 Å². The average Bonchev–Trinajstić information content (AvgIpc) is 2.44. The number of nitrogens with zero attached hydrogens (tertiary/aromatic N) is 2. The predicted octanol–water partition coefficient (Wildman–Crippen LogP) is 3.31. The molecule has 1 aromatic carbocycles. The van der Waals surface area contributed by atoms with Crippen LogP contribution in [0.3, 0.4) is 0 Å². The molecule has 3 rings (SSSR count). The third-order valence-corrected chi connectivity index (χ3v) is 2.96. The first-order valence-electron chi connectivity index (χ1n) is 5.97. The maximum Gasteiger partial charge on any atom is 0.153 e. The SMILES string of the molecule is Cc1cnccc1Oc1ccc(N)c2cccnc12. The maximum atomic E-state index is 5.94. The van der Waals surface area contributed by atoms with Crippen LogP contribution in [0.1, 0.15) is 5.56 Å². The molecule has 0 aliphatic heterocycles. The molecule has 0 unspecified atom stereocenters. The van der Waals surface area contributed by atoms with Crippen molar-refractivity contribution in [1.29, 1.82) is 0 Å². The number of hydrogen-bond donors (Lipinski definition) is 1. The van der Waals surface area contributed by atoms with Crippen LogP contribution in [0, 0.1) is 6.92 Å². The zero-order valence-corrected chi connectivity index (χ0v) is 10.5. The van der Waals surface area contributed by atoms with Crippen molar-refractivity contribution in [1.82, 2.24) is 9.97 Å². The van der Waals surface area contributed by atoms with Crippen LogP contribution in [-0.4, -0.2) is 9.97 Å². The van der Waals surface area contributed by atoms with E-state index in [1.54, 1.807) is 18.6 Å². The van der Waals surface area contributed by atoms with E-state index in [2.05, 4.69) is 9.97 Å². The third-order valence-electron chi connectivity index (χ3n) is 2.96. The summed E-state index contributed by atoms with van der Waals surface area (Å²) in [6, 6.07) is 9.30. The van der Waals surface area contributed by atoms with E-state index < -0.39 is 0 Å². The predicted molar refractivity (Wildman–Crippen MR) is 75.2 cm³/mol. The highest BCUT2D eigenvalue weighted by atomic mass is 16.5. The van der Waals surface area contributed by atoms with E-state index in [1.165, 1.54) is 0 Å². The number of nitrogen functional groups attached to an aromatic ring is 1. The van der Waals surface area contributed by atoms with Crippen LogP contribution in [0.5, 0.6) is 11.5 Å². The topological polar surface area (TPSA) is 61.0 Å². The molecule has 94 valence electrons. The third kappa shape index (κ3) is 2.08. The lowest BCUT2D eigenvalue weighted by Gasteiger charge is -2.11. The molecule has 2 N–H and O–H groups in total. The van der Waals surface area contributed by atoms with Gasteiger partial charge in [-0.05, 0) is 37.3 Å². The number of ether oxygens (including phenoxy) is 1. The fourth-order valence-corrected chi connectivity index (χ4v) is 1.94. The largest absolute Gasteiger partial charge is 0.455 e. The molecule has 0 saturated carbocycles. The standard InChI is InChI=1S/C15H13N3O/c1-10-9-17-8-6-13(10)19-14-5-4-12(16)11-3-2-7-18-15(11)14/h2-9H,16H2,1H3. The van der Waals surface area contributed by atoms with E-state index in [0.717, 1.165) is 22.2 Å². The van der Waals surface area contributed by atoms with Crippen LogP contribution in [0.2, 0.25) is 0 Å². The molecule has 2 heterocycles. The molecule has 0 radical (unpaired) electrons. The molecule has 3 aromatic rings. The lowest BCUT2D eigenvalue weighted by atomic mass is 10.1. The molecular weight excluding hydrogens is 238 g/mol. The van der Waals surface area contributed by atoms with Gasteiger partial charge in [0, 0.05) is 35.2 Å². The highest BCUT2D eigenvalue weighted by Crippen LogP contribution is 2.32. The van der Waals surface area contributed by atoms with Crippen molar-refractivity contribution in [3.63, 3.8) is 0 Å². The Kier molecular flexibility index (Phi) is 2.76. The molecule has 0 aliphatic rings. The molecule has 4 nitrogen and oxygen atoms in total. The van der Waals surface area contributed by atoms with Crippen LogP contribution >= 0.6 is 0 Å². The number of fused-ring (bicyclic) bond motifs is 1. The van der Waals surface area contributed by atoms with Crippen LogP contribution in [0.15, 0.2) is 48.9 Å². The van der Waals surface area contributed by atoms with Gasteiger partial charge in [-0.2, -0.15) is 0 Å². The molecule has 19 heavy (non-hydrogen) atoms. The number of aromatic nitrogens is 2. The molecule has 2 aromatic heterocycles. The Morgan fingerprint density at radius 2 is 1.95 bits per heavy atom. The average molecular weight is 251 g/mol. The van der Waals surface area contributed by atoms with Crippen LogP contribution < -0.4 is 10.5 Å². The minimum absolute atomic E-state index is 0.694. The summed E-state index contributed by atoms with van der Waals surface area (Å²) >= 11 is 0. The quantitative estimate of drug-likeness (QED) is 0.710. The molecule has 0 fully saturated rings. The van der Waals surface area contributed by atoms with Gasteiger partial charge in [-0.25, -0.2) is 0 Å². The van der Waals surface area contributed by atoms with Gasteiger partial charge in [-0.15, -0.1) is 0 Å². The Balaban J connectivity index is 2.12. The second-order valence-corrected chi connectivity index (χ2v) is 4.30. The van der Waals surface area contributed by atoms with Gasteiger partial charge in [0.1, 0.15) is 11.3 Å². The van der Waals surface area contributed by atoms with Crippen molar-refractivity contribution in [2.45, 2.75) is 6.92 Å². The molecule has 0 amide bonds. The Labute approximate surface area is 110 Å². The highest BCUT2D eigenvalue weighted by Gasteiger charge is 2.08. The first-order valence-corrected chi connectivity index (χ1v) is 5.97. The van der Waals surface area contributed by atoms with Crippen molar-refractivity contribution in [2.24, 2.45) is 0 Å². The van der Waals surface area contributed by atoms with E-state index in [0.29, 0.717) is 11.4 Å². The summed E-state index contributed by atoms with van der Waals surface area (Å²) in [7, 11) is 0. The molecular formula is C15H13N3O. The molecule has 0 bridgehead atoms. The second-order valence-electron chi connectivity index (χ2n) is 4.30. The first-order chi connectivity index (χ1) is 9.25. The maximum absolute atomic E-state index is 5.94. The van der Waals surface area contributed by atoms with E-state index in [9.17, 15) is 0 Å². The number of pyridine rings is 2. The summed E-state index contributed by atoms with van der Waals surface area (Å²) in [6.45, 7) is 1.95. The molecule has 0 aliphatic carbocycles. The Morgan fingerprint density at radius 1 is 1.05 bits per heavy atom. The fourth-order valence-electron chi connectivity index (χ4n) is 1.94. The minimum Gasteiger partial charge on any atom is -0.455 e. The summed E-state index contributed by atoms with van der Waals surface area (Å²) in [5.41, 5.74) is 8.38. The van der Waals surface area contributed by atoms with Gasteiger partial charge in [0.25, 0.3) is 0 Å². The first kappa shape index (κ1) is 11.5. The van der Waals surface area contributed by atoms with E-state index in [1.807, 2.05) is 37.3 Å². The number of anilines is 1. The van der Waals surface area contributed by atoms with Crippen LogP contribution in [-0.2, 0) is 0 Å². The zero-order chi connectivity index (χ0) is 13.2. The Hall–Kier alpha value is -2.62. The highest BCUT2D eigenvalue weighted by molar-refractivity contribution is 5.94. The van der Waals surface area contributed by atoms with Gasteiger partial charge < -0.3 is 10.5 Å². The van der Waals surface area contributed by atoms with Crippen molar-refractivity contribution in [2.75, 3.05) is 5.73 Å². The minimum atomic E-state index is 0.694. The fraction of sp³-hybridized carbons (Fsp3) is 0.0667. The van der Waals surface area contributed by atoms with Crippen molar-refractivity contribution >= 4 is 16.6 Å². The van der Waals surface area contributed by atoms with E-state index >= 15 is 0 Å². The van der Waals surface area contributed by atoms with Crippen molar-refractivity contribution < 1.29 is 4.74 Å². The smallest absolute Gasteiger partial charge is 0.153 e. The second kappa shape index (κ2) is 4.57. The summed E-state index contributed by atoms with van der Waals surface area (Å²) in [5, 5.41) is 0.895. The number of rotatable bonds is 2. The molecule has 0 spiro atoms. The normalized spacial score (nSPS) is 10.6. The lowest BCUT2D eigenvalue weighted by Crippen LogP contribution is -1.93. The van der Waals surface area contributed by atoms with Gasteiger partial charge in [0.2, 0.25) is 0 Å². The van der Waals surface area contributed by atoms with Crippen molar-refractivity contribution in [3.8, 4) is 11.5 Å². The molecule has 4 heteroatoms. The van der Waals surface area contributed by atoms with E-state index in [4.69, 9.17) is 10.5 Å². The Morgan fingerprint density at radius 3 is 2.79 bits per heavy atom. The van der Waals surface area contributed by atoms with Gasteiger partial charge >= 0.3 is 0 Å². The monoisotopic (exact) mass is 251 g/mol. The summed E-state index contributed by atoms with van der Waals surface area (Å²) in [6.07, 6.45) is 5.20. The van der Waals surface area contributed by atoms with Gasteiger partial charge in [0.05, 0.1) is 0 Å². The van der Waals surface area contributed by atoms with Gasteiger partial charge in [-0.1, -0.05) is 0 Å². The molecule has 0 atom stereocenters. The number of hydrogen-bond acceptors (Lipinski definition) is 4. The molecule has 0 saturated heterocycles. The van der Waals surface area contributed by atoms with Crippen LogP contribution in [0.25, 0.3) is 10.9 Å². The number of aryl methyl sites for hydroxylation is 1. The number of benzene rings is 1. The van der Waals surface area contributed by atoms with Gasteiger partial charge in [-0.3, -0.25) is 9.97 Å². The van der Waals surface area contributed by atoms with Crippen LogP contribution in [0.4, 0.5) is 5.69 Å². The number of nitrogens with two attached hydrogens (primary N) is 1. The Bertz CT molecular complexity index is 740. The zero-order valence-electron chi connectivity index (χ0n) is 10.5. The van der Waals surface area contributed by atoms with Crippen molar-refractivity contribution in [3.05, 3.63) is 54.5 Å².